The fraction of sp³-hybridized carbons (Fsp3) is 0.125. The molecule has 0 saturated carbocycles. The van der Waals surface area contributed by atoms with E-state index in [1.807, 2.05) is 0 Å². The highest BCUT2D eigenvalue weighted by Gasteiger charge is 2.16. The molecular formula is C8H6N4O3S2. The van der Waals surface area contributed by atoms with Crippen molar-refractivity contribution in [3.05, 3.63) is 32.1 Å². The molecule has 0 aliphatic heterocycles. The van der Waals surface area contributed by atoms with E-state index in [2.05, 4.69) is 15.5 Å². The number of anilines is 1. The first-order valence-electron chi connectivity index (χ1n) is 4.42. The van der Waals surface area contributed by atoms with E-state index < -0.39 is 10.8 Å². The Morgan fingerprint density at radius 3 is 2.71 bits per heavy atom. The molecule has 1 N–H and O–H groups in total. The summed E-state index contributed by atoms with van der Waals surface area (Å²) in [6, 6.07) is 2.71. The number of nitrogens with one attached hydrogen (secondary N) is 1. The molecule has 0 saturated heterocycles. The zero-order valence-corrected chi connectivity index (χ0v) is 10.2. The number of nitro groups is 1. The second kappa shape index (κ2) is 4.55. The number of hydrogen-bond donors (Lipinski definition) is 1. The molecule has 0 fully saturated rings. The Morgan fingerprint density at radius 1 is 1.41 bits per heavy atom. The zero-order valence-electron chi connectivity index (χ0n) is 8.54. The summed E-state index contributed by atoms with van der Waals surface area (Å²) in [5, 5.41) is 21.5. The third kappa shape index (κ3) is 2.63. The van der Waals surface area contributed by atoms with E-state index in [1.165, 1.54) is 23.5 Å². The Labute approximate surface area is 103 Å². The Kier molecular flexibility index (Phi) is 3.11. The SMILES string of the molecule is Cc1nnc(NC(=O)c2ccc([N+](=O)[O-])s2)s1. The van der Waals surface area contributed by atoms with Gasteiger partial charge in [0.15, 0.2) is 0 Å². The Balaban J connectivity index is 2.11. The monoisotopic (exact) mass is 270 g/mol. The number of hydrogen-bond acceptors (Lipinski definition) is 7. The van der Waals surface area contributed by atoms with Crippen LogP contribution in [0.15, 0.2) is 12.1 Å². The minimum atomic E-state index is -0.531. The molecule has 2 heterocycles. The maximum absolute atomic E-state index is 11.7. The Morgan fingerprint density at radius 2 is 2.18 bits per heavy atom. The topological polar surface area (TPSA) is 98.0 Å². The normalized spacial score (nSPS) is 10.2. The number of aromatic nitrogens is 2. The molecule has 0 radical (unpaired) electrons. The fourth-order valence-corrected chi connectivity index (χ4v) is 2.36. The van der Waals surface area contributed by atoms with Crippen molar-refractivity contribution in [3.8, 4) is 0 Å². The summed E-state index contributed by atoms with van der Waals surface area (Å²) in [6.45, 7) is 1.77. The third-order valence-electron chi connectivity index (χ3n) is 1.74. The number of carbonyl (C=O) groups excluding carboxylic acids is 1. The van der Waals surface area contributed by atoms with Gasteiger partial charge in [0.25, 0.3) is 5.91 Å². The Bertz CT molecular complexity index is 577. The van der Waals surface area contributed by atoms with Gasteiger partial charge in [-0.1, -0.05) is 22.7 Å². The van der Waals surface area contributed by atoms with Crippen molar-refractivity contribution < 1.29 is 9.72 Å². The van der Waals surface area contributed by atoms with Gasteiger partial charge in [0.2, 0.25) is 5.13 Å². The third-order valence-corrected chi connectivity index (χ3v) is 3.53. The molecule has 17 heavy (non-hydrogen) atoms. The zero-order chi connectivity index (χ0) is 12.4. The lowest BCUT2D eigenvalue weighted by atomic mass is 10.4. The number of rotatable bonds is 3. The van der Waals surface area contributed by atoms with E-state index in [0.717, 1.165) is 16.3 Å². The molecule has 2 rings (SSSR count). The van der Waals surface area contributed by atoms with Crippen LogP contribution >= 0.6 is 22.7 Å². The van der Waals surface area contributed by atoms with Gasteiger partial charge >= 0.3 is 5.00 Å². The van der Waals surface area contributed by atoms with Gasteiger partial charge in [-0.2, -0.15) is 0 Å². The smallest absolute Gasteiger partial charge is 0.296 e. The molecule has 7 nitrogen and oxygen atoms in total. The highest BCUT2D eigenvalue weighted by Crippen LogP contribution is 2.25. The van der Waals surface area contributed by atoms with Gasteiger partial charge < -0.3 is 0 Å². The summed E-state index contributed by atoms with van der Waals surface area (Å²) < 4.78 is 0. The average molecular weight is 270 g/mol. The largest absolute Gasteiger partial charge is 0.324 e. The van der Waals surface area contributed by atoms with Crippen molar-refractivity contribution in [3.63, 3.8) is 0 Å². The summed E-state index contributed by atoms with van der Waals surface area (Å²) in [5.74, 6) is -0.417. The van der Waals surface area contributed by atoms with Gasteiger partial charge in [0.1, 0.15) is 5.01 Å². The van der Waals surface area contributed by atoms with Crippen molar-refractivity contribution in [1.82, 2.24) is 10.2 Å². The van der Waals surface area contributed by atoms with Gasteiger partial charge in [0, 0.05) is 6.07 Å². The van der Waals surface area contributed by atoms with Crippen LogP contribution in [0.4, 0.5) is 10.1 Å². The van der Waals surface area contributed by atoms with Crippen molar-refractivity contribution in [2.24, 2.45) is 0 Å². The van der Waals surface area contributed by atoms with Crippen molar-refractivity contribution in [2.75, 3.05) is 5.32 Å². The van der Waals surface area contributed by atoms with Gasteiger partial charge in [0.05, 0.1) is 9.80 Å². The number of nitrogens with zero attached hydrogens (tertiary/aromatic N) is 3. The van der Waals surface area contributed by atoms with Gasteiger partial charge in [-0.3, -0.25) is 20.2 Å². The van der Waals surface area contributed by atoms with Crippen LogP contribution in [0, 0.1) is 17.0 Å². The number of aryl methyl sites for hydroxylation is 1. The highest BCUT2D eigenvalue weighted by molar-refractivity contribution is 7.17. The fourth-order valence-electron chi connectivity index (χ4n) is 1.05. The van der Waals surface area contributed by atoms with E-state index >= 15 is 0 Å². The number of carbonyl (C=O) groups is 1. The average Bonchev–Trinajstić information content (AvgIpc) is 2.86. The van der Waals surface area contributed by atoms with Crippen LogP contribution in [-0.4, -0.2) is 21.0 Å². The lowest BCUT2D eigenvalue weighted by Gasteiger charge is -1.95. The van der Waals surface area contributed by atoms with E-state index in [9.17, 15) is 14.9 Å². The molecule has 0 atom stereocenters. The highest BCUT2D eigenvalue weighted by atomic mass is 32.1. The van der Waals surface area contributed by atoms with Crippen molar-refractivity contribution >= 4 is 38.7 Å². The molecule has 2 aromatic heterocycles. The van der Waals surface area contributed by atoms with Crippen LogP contribution in [0.5, 0.6) is 0 Å². The van der Waals surface area contributed by atoms with Crippen LogP contribution in [-0.2, 0) is 0 Å². The number of amides is 1. The van der Waals surface area contributed by atoms with Crippen LogP contribution in [0.25, 0.3) is 0 Å². The summed E-state index contributed by atoms with van der Waals surface area (Å²) in [5.41, 5.74) is 0. The van der Waals surface area contributed by atoms with Crippen LogP contribution in [0.1, 0.15) is 14.7 Å². The summed E-state index contributed by atoms with van der Waals surface area (Å²) in [7, 11) is 0. The molecule has 0 aliphatic rings. The summed E-state index contributed by atoms with van der Waals surface area (Å²) >= 11 is 2.06. The van der Waals surface area contributed by atoms with E-state index in [4.69, 9.17) is 0 Å². The molecule has 2 aromatic rings. The molecule has 88 valence electrons. The predicted octanol–water partition coefficient (Wildman–Crippen LogP) is 2.07. The van der Waals surface area contributed by atoms with Crippen LogP contribution in [0.2, 0.25) is 0 Å². The lowest BCUT2D eigenvalue weighted by molar-refractivity contribution is -0.380. The molecule has 0 spiro atoms. The maximum Gasteiger partial charge on any atom is 0.324 e. The quantitative estimate of drug-likeness (QED) is 0.680. The maximum atomic E-state index is 11.7. The Hall–Kier alpha value is -1.87. The van der Waals surface area contributed by atoms with Gasteiger partial charge in [-0.05, 0) is 13.0 Å². The molecule has 0 unspecified atom stereocenters. The summed E-state index contributed by atoms with van der Waals surface area (Å²) in [4.78, 5) is 21.9. The first kappa shape index (κ1) is 11.6. The van der Waals surface area contributed by atoms with Gasteiger partial charge in [-0.25, -0.2) is 0 Å². The van der Waals surface area contributed by atoms with Crippen molar-refractivity contribution in [2.45, 2.75) is 6.92 Å². The second-order valence-electron chi connectivity index (χ2n) is 2.98. The number of thiophene rings is 1. The summed E-state index contributed by atoms with van der Waals surface area (Å²) in [6.07, 6.45) is 0. The van der Waals surface area contributed by atoms with Crippen LogP contribution < -0.4 is 5.32 Å². The molecule has 0 bridgehead atoms. The van der Waals surface area contributed by atoms with E-state index in [-0.39, 0.29) is 9.88 Å². The molecule has 9 heteroatoms. The van der Waals surface area contributed by atoms with E-state index in [1.54, 1.807) is 6.92 Å². The standard InChI is InChI=1S/C8H6N4O3S2/c1-4-10-11-8(16-4)9-7(13)5-2-3-6(17-5)12(14)15/h2-3H,1H3,(H,9,11,13). The minimum Gasteiger partial charge on any atom is -0.296 e. The first-order valence-corrected chi connectivity index (χ1v) is 6.05. The van der Waals surface area contributed by atoms with Gasteiger partial charge in [-0.15, -0.1) is 10.2 Å². The van der Waals surface area contributed by atoms with E-state index in [0.29, 0.717) is 5.13 Å². The predicted molar refractivity (Wildman–Crippen MR) is 63.6 cm³/mol. The molecule has 1 amide bonds. The molecular weight excluding hydrogens is 264 g/mol. The van der Waals surface area contributed by atoms with Crippen LogP contribution in [0.3, 0.4) is 0 Å². The molecule has 0 aromatic carbocycles. The lowest BCUT2D eigenvalue weighted by Crippen LogP contribution is -2.09. The minimum absolute atomic E-state index is 0.0661. The first-order chi connectivity index (χ1) is 8.06. The second-order valence-corrected chi connectivity index (χ2v) is 5.22. The van der Waals surface area contributed by atoms with Crippen molar-refractivity contribution in [1.29, 1.82) is 0 Å². The molecule has 0 aliphatic carbocycles.